The summed E-state index contributed by atoms with van der Waals surface area (Å²) in [6, 6.07) is 2.97. The van der Waals surface area contributed by atoms with Crippen LogP contribution in [0.15, 0.2) is 30.0 Å². The highest BCUT2D eigenvalue weighted by atomic mass is 16.4. The molecule has 1 aromatic heterocycles. The van der Waals surface area contributed by atoms with Gasteiger partial charge < -0.3 is 15.3 Å². The Bertz CT molecular complexity index is 537. The first kappa shape index (κ1) is 14.0. The molecule has 2 rings (SSSR count). The lowest BCUT2D eigenvalue weighted by atomic mass is 10.1. The van der Waals surface area contributed by atoms with Gasteiger partial charge in [-0.2, -0.15) is 0 Å². The number of hydrogen-bond acceptors (Lipinski definition) is 3. The lowest BCUT2D eigenvalue weighted by molar-refractivity contribution is 0.0690. The number of rotatable bonds is 3. The predicted molar refractivity (Wildman–Crippen MR) is 73.4 cm³/mol. The zero-order valence-electron chi connectivity index (χ0n) is 11.3. The molecule has 0 fully saturated rings. The highest BCUT2D eigenvalue weighted by molar-refractivity contribution is 5.85. The standard InChI is InChI=1S/C14H17N3O3/c1-10-3-2-6-17(9-10)14(20)16-8-11-4-5-12(13(18)19)15-7-11/h3-5,7H,2,6,8-9H2,1H3,(H,16,20)(H,18,19). The van der Waals surface area contributed by atoms with Crippen molar-refractivity contribution in [1.29, 1.82) is 0 Å². The molecule has 1 aliphatic rings. The van der Waals surface area contributed by atoms with Gasteiger partial charge in [-0.25, -0.2) is 14.6 Å². The van der Waals surface area contributed by atoms with Crippen molar-refractivity contribution in [3.8, 4) is 0 Å². The summed E-state index contributed by atoms with van der Waals surface area (Å²) in [5.74, 6) is -1.06. The molecule has 0 radical (unpaired) electrons. The molecule has 0 aromatic carbocycles. The van der Waals surface area contributed by atoms with Gasteiger partial charge in [-0.3, -0.25) is 0 Å². The van der Waals surface area contributed by atoms with E-state index in [4.69, 9.17) is 5.11 Å². The van der Waals surface area contributed by atoms with Crippen LogP contribution in [0.4, 0.5) is 4.79 Å². The highest BCUT2D eigenvalue weighted by Crippen LogP contribution is 2.09. The van der Waals surface area contributed by atoms with Gasteiger partial charge in [0.15, 0.2) is 0 Å². The number of urea groups is 1. The monoisotopic (exact) mass is 275 g/mol. The second-order valence-corrected chi connectivity index (χ2v) is 4.78. The summed E-state index contributed by atoms with van der Waals surface area (Å²) in [5, 5.41) is 11.6. The number of aromatic nitrogens is 1. The molecule has 0 aliphatic carbocycles. The van der Waals surface area contributed by atoms with E-state index in [0.29, 0.717) is 13.1 Å². The normalized spacial score (nSPS) is 14.7. The Morgan fingerprint density at radius 1 is 1.45 bits per heavy atom. The largest absolute Gasteiger partial charge is 0.477 e. The van der Waals surface area contributed by atoms with Crippen molar-refractivity contribution >= 4 is 12.0 Å². The SMILES string of the molecule is CC1=CCCN(C(=O)NCc2ccc(C(=O)O)nc2)C1. The van der Waals surface area contributed by atoms with Gasteiger partial charge in [-0.1, -0.05) is 17.7 Å². The average Bonchev–Trinajstić information content (AvgIpc) is 2.45. The second kappa shape index (κ2) is 6.18. The second-order valence-electron chi connectivity index (χ2n) is 4.78. The van der Waals surface area contributed by atoms with Crippen LogP contribution in [-0.4, -0.2) is 40.1 Å². The fourth-order valence-corrected chi connectivity index (χ4v) is 2.03. The van der Waals surface area contributed by atoms with Crippen LogP contribution < -0.4 is 5.32 Å². The number of hydrogen-bond donors (Lipinski definition) is 2. The van der Waals surface area contributed by atoms with Gasteiger partial charge in [0.25, 0.3) is 0 Å². The molecule has 6 heteroatoms. The van der Waals surface area contributed by atoms with Crippen molar-refractivity contribution in [3.05, 3.63) is 41.2 Å². The van der Waals surface area contributed by atoms with E-state index in [-0.39, 0.29) is 11.7 Å². The fourth-order valence-electron chi connectivity index (χ4n) is 2.03. The molecule has 0 spiro atoms. The van der Waals surface area contributed by atoms with Crippen LogP contribution in [-0.2, 0) is 6.54 Å². The molecule has 0 atom stereocenters. The smallest absolute Gasteiger partial charge is 0.354 e. The first-order valence-corrected chi connectivity index (χ1v) is 6.43. The third-order valence-electron chi connectivity index (χ3n) is 3.11. The molecule has 1 aliphatic heterocycles. The minimum atomic E-state index is -1.06. The number of carbonyl (C=O) groups excluding carboxylic acids is 1. The van der Waals surface area contributed by atoms with E-state index in [0.717, 1.165) is 18.5 Å². The zero-order chi connectivity index (χ0) is 14.5. The number of amides is 2. The van der Waals surface area contributed by atoms with E-state index in [1.165, 1.54) is 17.8 Å². The van der Waals surface area contributed by atoms with Crippen LogP contribution in [0.3, 0.4) is 0 Å². The van der Waals surface area contributed by atoms with E-state index >= 15 is 0 Å². The molecule has 0 saturated heterocycles. The Morgan fingerprint density at radius 3 is 2.85 bits per heavy atom. The Labute approximate surface area is 117 Å². The minimum Gasteiger partial charge on any atom is -0.477 e. The van der Waals surface area contributed by atoms with Crippen molar-refractivity contribution in [2.24, 2.45) is 0 Å². The fraction of sp³-hybridized carbons (Fsp3) is 0.357. The first-order chi connectivity index (χ1) is 9.56. The maximum absolute atomic E-state index is 12.0. The lowest BCUT2D eigenvalue weighted by Crippen LogP contribution is -2.42. The van der Waals surface area contributed by atoms with E-state index in [9.17, 15) is 9.59 Å². The van der Waals surface area contributed by atoms with Gasteiger partial charge >= 0.3 is 12.0 Å². The summed E-state index contributed by atoms with van der Waals surface area (Å²) in [4.78, 5) is 28.2. The molecule has 2 heterocycles. The zero-order valence-corrected chi connectivity index (χ0v) is 11.3. The summed E-state index contributed by atoms with van der Waals surface area (Å²) < 4.78 is 0. The number of carboxylic acid groups (broad SMARTS) is 1. The predicted octanol–water partition coefficient (Wildman–Crippen LogP) is 1.64. The first-order valence-electron chi connectivity index (χ1n) is 6.43. The van der Waals surface area contributed by atoms with Gasteiger partial charge in [0.2, 0.25) is 0 Å². The van der Waals surface area contributed by atoms with Crippen LogP contribution in [0.2, 0.25) is 0 Å². The van der Waals surface area contributed by atoms with Crippen LogP contribution in [0.5, 0.6) is 0 Å². The number of nitrogens with one attached hydrogen (secondary N) is 1. The summed E-state index contributed by atoms with van der Waals surface area (Å²) in [6.07, 6.45) is 4.48. The molecular weight excluding hydrogens is 258 g/mol. The molecule has 2 amide bonds. The van der Waals surface area contributed by atoms with Crippen LogP contribution in [0.25, 0.3) is 0 Å². The molecule has 20 heavy (non-hydrogen) atoms. The van der Waals surface area contributed by atoms with Crippen LogP contribution >= 0.6 is 0 Å². The Hall–Kier alpha value is -2.37. The Kier molecular flexibility index (Phi) is 4.34. The van der Waals surface area contributed by atoms with E-state index in [2.05, 4.69) is 16.4 Å². The summed E-state index contributed by atoms with van der Waals surface area (Å²) in [7, 11) is 0. The summed E-state index contributed by atoms with van der Waals surface area (Å²) >= 11 is 0. The summed E-state index contributed by atoms with van der Waals surface area (Å²) in [6.45, 7) is 3.72. The molecule has 106 valence electrons. The molecule has 0 saturated carbocycles. The minimum absolute atomic E-state index is 0.00290. The Morgan fingerprint density at radius 2 is 2.25 bits per heavy atom. The number of pyridine rings is 1. The van der Waals surface area contributed by atoms with Gasteiger partial charge in [0.05, 0.1) is 0 Å². The number of carboxylic acids is 1. The number of aromatic carboxylic acids is 1. The third kappa shape index (κ3) is 3.57. The van der Waals surface area contributed by atoms with Crippen molar-refractivity contribution in [3.63, 3.8) is 0 Å². The highest BCUT2D eigenvalue weighted by Gasteiger charge is 2.15. The van der Waals surface area contributed by atoms with Crippen LogP contribution in [0, 0.1) is 0 Å². The van der Waals surface area contributed by atoms with Gasteiger partial charge in [-0.05, 0) is 25.0 Å². The summed E-state index contributed by atoms with van der Waals surface area (Å²) in [5.41, 5.74) is 1.96. The molecular formula is C14H17N3O3. The molecule has 1 aromatic rings. The molecule has 6 nitrogen and oxygen atoms in total. The van der Waals surface area contributed by atoms with E-state index < -0.39 is 5.97 Å². The third-order valence-corrected chi connectivity index (χ3v) is 3.11. The topological polar surface area (TPSA) is 82.5 Å². The van der Waals surface area contributed by atoms with E-state index in [1.807, 2.05) is 6.92 Å². The van der Waals surface area contributed by atoms with Crippen LogP contribution in [0.1, 0.15) is 29.4 Å². The average molecular weight is 275 g/mol. The van der Waals surface area contributed by atoms with Gasteiger partial charge in [0.1, 0.15) is 5.69 Å². The molecule has 0 unspecified atom stereocenters. The number of carbonyl (C=O) groups is 2. The molecule has 2 N–H and O–H groups in total. The van der Waals surface area contributed by atoms with E-state index in [1.54, 1.807) is 11.0 Å². The van der Waals surface area contributed by atoms with Crippen molar-refractivity contribution in [2.75, 3.05) is 13.1 Å². The Balaban J connectivity index is 1.87. The van der Waals surface area contributed by atoms with Gasteiger partial charge in [-0.15, -0.1) is 0 Å². The molecule has 0 bridgehead atoms. The lowest BCUT2D eigenvalue weighted by Gasteiger charge is -2.26. The quantitative estimate of drug-likeness (QED) is 0.821. The maximum atomic E-state index is 12.0. The number of nitrogens with zero attached hydrogens (tertiary/aromatic N) is 2. The van der Waals surface area contributed by atoms with Gasteiger partial charge in [0, 0.05) is 25.8 Å². The van der Waals surface area contributed by atoms with Crippen molar-refractivity contribution in [2.45, 2.75) is 19.9 Å². The maximum Gasteiger partial charge on any atom is 0.354 e. The van der Waals surface area contributed by atoms with Crippen molar-refractivity contribution < 1.29 is 14.7 Å². The van der Waals surface area contributed by atoms with Crippen molar-refractivity contribution in [1.82, 2.24) is 15.2 Å².